The van der Waals surface area contributed by atoms with Crippen molar-refractivity contribution in [3.05, 3.63) is 0 Å². The van der Waals surface area contributed by atoms with Crippen molar-refractivity contribution < 1.29 is 19.8 Å². The van der Waals surface area contributed by atoms with Crippen LogP contribution in [0.1, 0.15) is 52.4 Å². The number of aliphatic carboxylic acids is 2. The molecule has 0 saturated carbocycles. The third-order valence-corrected chi connectivity index (χ3v) is 2.22. The summed E-state index contributed by atoms with van der Waals surface area (Å²) in [4.78, 5) is 18.7. The highest BCUT2D eigenvalue weighted by Gasteiger charge is 1.93. The molecular weight excluding hydrogens is 274 g/mol. The lowest BCUT2D eigenvalue weighted by molar-refractivity contribution is -0.137. The Morgan fingerprint density at radius 3 is 1.29 bits per heavy atom. The quantitative estimate of drug-likeness (QED) is 0.522. The van der Waals surface area contributed by atoms with Gasteiger partial charge in [-0.2, -0.15) is 0 Å². The minimum Gasteiger partial charge on any atom is -0.481 e. The van der Waals surface area contributed by atoms with Crippen LogP contribution in [0.5, 0.6) is 0 Å². The molecule has 0 aromatic rings. The molecular formula is C14H33N3O4. The van der Waals surface area contributed by atoms with E-state index in [9.17, 15) is 9.59 Å². The van der Waals surface area contributed by atoms with Crippen molar-refractivity contribution in [2.75, 3.05) is 26.2 Å². The fraction of sp³-hybridized carbons (Fsp3) is 0.857. The first-order valence-corrected chi connectivity index (χ1v) is 7.50. The SMILES string of the molecule is C1CCNCC1.CCC(=O)O.CCC(=O)O.NCCCN. The van der Waals surface area contributed by atoms with Crippen molar-refractivity contribution in [1.82, 2.24) is 5.32 Å². The summed E-state index contributed by atoms with van der Waals surface area (Å²) < 4.78 is 0. The number of carbonyl (C=O) groups is 2. The highest BCUT2D eigenvalue weighted by Crippen LogP contribution is 1.96. The molecule has 0 bridgehead atoms. The summed E-state index contributed by atoms with van der Waals surface area (Å²) >= 11 is 0. The maximum Gasteiger partial charge on any atom is 0.303 e. The first kappa shape index (κ1) is 24.8. The lowest BCUT2D eigenvalue weighted by Crippen LogP contribution is -2.21. The summed E-state index contributed by atoms with van der Waals surface area (Å²) in [5.41, 5.74) is 10.1. The first-order valence-electron chi connectivity index (χ1n) is 7.50. The molecule has 7 N–H and O–H groups in total. The smallest absolute Gasteiger partial charge is 0.303 e. The third-order valence-electron chi connectivity index (χ3n) is 2.22. The van der Waals surface area contributed by atoms with Gasteiger partial charge in [-0.3, -0.25) is 9.59 Å². The van der Waals surface area contributed by atoms with Gasteiger partial charge >= 0.3 is 11.9 Å². The molecule has 0 unspecified atom stereocenters. The summed E-state index contributed by atoms with van der Waals surface area (Å²) in [7, 11) is 0. The number of hydrogen-bond donors (Lipinski definition) is 5. The highest BCUT2D eigenvalue weighted by molar-refractivity contribution is 5.66. The van der Waals surface area contributed by atoms with Crippen LogP contribution >= 0.6 is 0 Å². The second-order valence-electron chi connectivity index (χ2n) is 4.24. The summed E-state index contributed by atoms with van der Waals surface area (Å²) in [5.74, 6) is -1.49. The average molecular weight is 307 g/mol. The Kier molecular flexibility index (Phi) is 28.2. The van der Waals surface area contributed by atoms with Gasteiger partial charge in [-0.1, -0.05) is 20.3 Å². The number of nitrogens with two attached hydrogens (primary N) is 2. The third kappa shape index (κ3) is 45.5. The molecule has 0 amide bonds. The molecule has 21 heavy (non-hydrogen) atoms. The molecule has 1 fully saturated rings. The summed E-state index contributed by atoms with van der Waals surface area (Å²) in [5, 5.41) is 18.7. The molecule has 0 aliphatic carbocycles. The van der Waals surface area contributed by atoms with Crippen LogP contribution in [0.3, 0.4) is 0 Å². The van der Waals surface area contributed by atoms with Crippen molar-refractivity contribution in [2.24, 2.45) is 11.5 Å². The van der Waals surface area contributed by atoms with Crippen LogP contribution in [-0.2, 0) is 9.59 Å². The molecule has 7 nitrogen and oxygen atoms in total. The van der Waals surface area contributed by atoms with Gasteiger partial charge in [0.15, 0.2) is 0 Å². The van der Waals surface area contributed by atoms with Gasteiger partial charge in [-0.15, -0.1) is 0 Å². The number of rotatable bonds is 4. The number of carboxylic acid groups (broad SMARTS) is 2. The molecule has 0 radical (unpaired) electrons. The molecule has 1 saturated heterocycles. The van der Waals surface area contributed by atoms with E-state index in [0.29, 0.717) is 0 Å². The molecule has 0 atom stereocenters. The van der Waals surface area contributed by atoms with Crippen LogP contribution in [0.25, 0.3) is 0 Å². The number of nitrogens with one attached hydrogen (secondary N) is 1. The maximum atomic E-state index is 9.37. The van der Waals surface area contributed by atoms with Crippen LogP contribution in [0.4, 0.5) is 0 Å². The highest BCUT2D eigenvalue weighted by atomic mass is 16.4. The predicted molar refractivity (Wildman–Crippen MR) is 85.3 cm³/mol. The van der Waals surface area contributed by atoms with E-state index in [1.54, 1.807) is 13.8 Å². The van der Waals surface area contributed by atoms with Crippen molar-refractivity contribution in [3.63, 3.8) is 0 Å². The van der Waals surface area contributed by atoms with Gasteiger partial charge in [-0.25, -0.2) is 0 Å². The van der Waals surface area contributed by atoms with Crippen molar-refractivity contribution in [1.29, 1.82) is 0 Å². The second kappa shape index (κ2) is 23.9. The minimum atomic E-state index is -0.745. The monoisotopic (exact) mass is 307 g/mol. The Morgan fingerprint density at radius 2 is 1.24 bits per heavy atom. The Morgan fingerprint density at radius 1 is 0.905 bits per heavy atom. The lowest BCUT2D eigenvalue weighted by Gasteiger charge is -2.08. The average Bonchev–Trinajstić information content (AvgIpc) is 2.51. The van der Waals surface area contributed by atoms with Gasteiger partial charge in [0.25, 0.3) is 0 Å². The number of hydrogen-bond acceptors (Lipinski definition) is 5. The van der Waals surface area contributed by atoms with Crippen molar-refractivity contribution >= 4 is 11.9 Å². The van der Waals surface area contributed by atoms with Crippen LogP contribution in [0, 0.1) is 0 Å². The van der Waals surface area contributed by atoms with Gasteiger partial charge in [0.05, 0.1) is 0 Å². The van der Waals surface area contributed by atoms with Gasteiger partial charge in [0, 0.05) is 12.8 Å². The number of carboxylic acids is 2. The molecule has 0 spiro atoms. The minimum absolute atomic E-state index is 0.222. The standard InChI is InChI=1S/C5H11N.C3H10N2.2C3H6O2/c1-2-4-6-5-3-1;4-2-1-3-5;2*1-2-3(4)5/h6H,1-5H2;1-5H2;2*2H2,1H3,(H,4,5). The molecule has 7 heteroatoms. The van der Waals surface area contributed by atoms with E-state index >= 15 is 0 Å². The summed E-state index contributed by atoms with van der Waals surface area (Å²) in [6.45, 7) is 7.14. The summed E-state index contributed by atoms with van der Waals surface area (Å²) in [6, 6.07) is 0. The normalized spacial score (nSPS) is 12.4. The zero-order chi connectivity index (χ0) is 16.9. The molecule has 1 aliphatic rings. The number of piperidine rings is 1. The van der Waals surface area contributed by atoms with Crippen LogP contribution in [-0.4, -0.2) is 48.3 Å². The van der Waals surface area contributed by atoms with E-state index in [1.165, 1.54) is 32.4 Å². The topological polar surface area (TPSA) is 139 Å². The van der Waals surface area contributed by atoms with Gasteiger partial charge in [0.1, 0.15) is 0 Å². The largest absolute Gasteiger partial charge is 0.481 e. The van der Waals surface area contributed by atoms with E-state index in [2.05, 4.69) is 5.32 Å². The maximum absolute atomic E-state index is 9.37. The molecule has 0 aromatic carbocycles. The van der Waals surface area contributed by atoms with Crippen LogP contribution < -0.4 is 16.8 Å². The Bertz CT molecular complexity index is 195. The van der Waals surface area contributed by atoms with E-state index in [-0.39, 0.29) is 12.8 Å². The fourth-order valence-corrected chi connectivity index (χ4v) is 0.920. The van der Waals surface area contributed by atoms with Crippen LogP contribution in [0.2, 0.25) is 0 Å². The van der Waals surface area contributed by atoms with Gasteiger partial charge < -0.3 is 27.0 Å². The molecule has 0 aromatic heterocycles. The van der Waals surface area contributed by atoms with E-state index < -0.39 is 11.9 Å². The fourth-order valence-electron chi connectivity index (χ4n) is 0.920. The zero-order valence-electron chi connectivity index (χ0n) is 13.4. The van der Waals surface area contributed by atoms with E-state index in [1.807, 2.05) is 0 Å². The molecule has 1 rings (SSSR count). The van der Waals surface area contributed by atoms with Crippen molar-refractivity contribution in [3.8, 4) is 0 Å². The van der Waals surface area contributed by atoms with Gasteiger partial charge in [0.2, 0.25) is 0 Å². The van der Waals surface area contributed by atoms with E-state index in [4.69, 9.17) is 21.7 Å². The molecule has 128 valence electrons. The molecule has 1 aliphatic heterocycles. The lowest BCUT2D eigenvalue weighted by atomic mass is 10.2. The summed E-state index contributed by atoms with van der Waals surface area (Å²) in [6.07, 6.45) is 5.60. The zero-order valence-corrected chi connectivity index (χ0v) is 13.4. The van der Waals surface area contributed by atoms with Crippen molar-refractivity contribution in [2.45, 2.75) is 52.4 Å². The Balaban J connectivity index is -0.000000207. The van der Waals surface area contributed by atoms with Gasteiger partial charge in [-0.05, 0) is 45.4 Å². The Labute approximate surface area is 128 Å². The predicted octanol–water partition coefficient (Wildman–Crippen LogP) is 1.02. The first-order chi connectivity index (χ1) is 9.95. The Hall–Kier alpha value is -1.18. The molecule has 1 heterocycles. The second-order valence-corrected chi connectivity index (χ2v) is 4.24. The van der Waals surface area contributed by atoms with E-state index in [0.717, 1.165) is 19.5 Å². The van der Waals surface area contributed by atoms with Crippen LogP contribution in [0.15, 0.2) is 0 Å².